The average molecular weight is 224 g/mol. The fraction of sp³-hybridized carbons (Fsp3) is 0.182. The number of thioether (sulfide) groups is 1. The van der Waals surface area contributed by atoms with Gasteiger partial charge in [0, 0.05) is 16.5 Å². The largest absolute Gasteiger partial charge is 0.256 e. The molecule has 0 aliphatic rings. The summed E-state index contributed by atoms with van der Waals surface area (Å²) in [6.07, 6.45) is 1.82. The van der Waals surface area contributed by atoms with Gasteiger partial charge in [-0.1, -0.05) is 18.2 Å². The molecule has 0 saturated carbocycles. The van der Waals surface area contributed by atoms with Crippen LogP contribution in [0.1, 0.15) is 6.92 Å². The first-order chi connectivity index (χ1) is 6.77. The van der Waals surface area contributed by atoms with Gasteiger partial charge in [0.25, 0.3) is 0 Å². The molecule has 72 valence electrons. The molecule has 3 heteroatoms. The van der Waals surface area contributed by atoms with Crippen LogP contribution in [0.3, 0.4) is 0 Å². The maximum atomic E-state index is 5.96. The van der Waals surface area contributed by atoms with E-state index in [1.807, 2.05) is 37.4 Å². The van der Waals surface area contributed by atoms with E-state index in [1.165, 1.54) is 10.3 Å². The molecule has 0 fully saturated rings. The van der Waals surface area contributed by atoms with Crippen molar-refractivity contribution in [3.05, 3.63) is 36.5 Å². The molecule has 1 unspecified atom stereocenters. The highest BCUT2D eigenvalue weighted by atomic mass is 35.5. The van der Waals surface area contributed by atoms with Crippen molar-refractivity contribution in [1.82, 2.24) is 4.98 Å². The molecule has 1 atom stereocenters. The van der Waals surface area contributed by atoms with Gasteiger partial charge in [-0.15, -0.1) is 23.4 Å². The number of nitrogens with zero attached hydrogens (tertiary/aromatic N) is 1. The second kappa shape index (κ2) is 4.20. The van der Waals surface area contributed by atoms with Gasteiger partial charge >= 0.3 is 0 Å². The molecule has 0 aliphatic carbocycles. The maximum Gasteiger partial charge on any atom is 0.0808 e. The summed E-state index contributed by atoms with van der Waals surface area (Å²) in [5.74, 6) is 0. The van der Waals surface area contributed by atoms with E-state index in [2.05, 4.69) is 11.1 Å². The number of benzene rings is 1. The van der Waals surface area contributed by atoms with Gasteiger partial charge in [0.2, 0.25) is 0 Å². The van der Waals surface area contributed by atoms with Gasteiger partial charge in [-0.3, -0.25) is 4.98 Å². The lowest BCUT2D eigenvalue weighted by molar-refractivity contribution is 1.33. The Kier molecular flexibility index (Phi) is 2.94. The summed E-state index contributed by atoms with van der Waals surface area (Å²) in [6, 6.07) is 10.1. The Morgan fingerprint density at radius 3 is 2.86 bits per heavy atom. The summed E-state index contributed by atoms with van der Waals surface area (Å²) in [7, 11) is 0. The minimum Gasteiger partial charge on any atom is -0.256 e. The van der Waals surface area contributed by atoms with Crippen LogP contribution in [0.2, 0.25) is 0 Å². The molecule has 0 radical (unpaired) electrons. The fourth-order valence-electron chi connectivity index (χ4n) is 1.35. The summed E-state index contributed by atoms with van der Waals surface area (Å²) in [5, 5.41) is 1.17. The Bertz CT molecular complexity index is 437. The van der Waals surface area contributed by atoms with Gasteiger partial charge in [-0.25, -0.2) is 0 Å². The van der Waals surface area contributed by atoms with E-state index in [0.717, 1.165) is 5.52 Å². The van der Waals surface area contributed by atoms with E-state index in [0.29, 0.717) is 0 Å². The van der Waals surface area contributed by atoms with E-state index in [9.17, 15) is 0 Å². The Balaban J connectivity index is 2.53. The molecule has 0 N–H and O–H groups in total. The third-order valence-electron chi connectivity index (χ3n) is 1.90. The van der Waals surface area contributed by atoms with Crippen molar-refractivity contribution in [1.29, 1.82) is 0 Å². The number of aromatic nitrogens is 1. The van der Waals surface area contributed by atoms with Crippen LogP contribution in [0.4, 0.5) is 0 Å². The lowest BCUT2D eigenvalue weighted by atomic mass is 10.2. The lowest BCUT2D eigenvalue weighted by Gasteiger charge is -2.06. The third kappa shape index (κ3) is 2.02. The van der Waals surface area contributed by atoms with Gasteiger partial charge in [0.1, 0.15) is 0 Å². The van der Waals surface area contributed by atoms with Crippen molar-refractivity contribution in [3.8, 4) is 0 Å². The molecule has 0 amide bonds. The zero-order valence-corrected chi connectivity index (χ0v) is 9.35. The summed E-state index contributed by atoms with van der Waals surface area (Å²) in [6.45, 7) is 1.97. The number of hydrogen-bond acceptors (Lipinski definition) is 2. The van der Waals surface area contributed by atoms with Crippen LogP contribution in [0.15, 0.2) is 41.4 Å². The van der Waals surface area contributed by atoms with E-state index in [4.69, 9.17) is 11.6 Å². The second-order valence-corrected chi connectivity index (χ2v) is 5.28. The van der Waals surface area contributed by atoms with E-state index in [1.54, 1.807) is 11.8 Å². The van der Waals surface area contributed by atoms with Crippen LogP contribution >= 0.6 is 23.4 Å². The third-order valence-corrected chi connectivity index (χ3v) is 3.10. The number of rotatable bonds is 2. The van der Waals surface area contributed by atoms with Gasteiger partial charge in [0.05, 0.1) is 10.2 Å². The van der Waals surface area contributed by atoms with Crippen molar-refractivity contribution < 1.29 is 0 Å². The van der Waals surface area contributed by atoms with Crippen molar-refractivity contribution in [2.45, 2.75) is 16.5 Å². The zero-order chi connectivity index (χ0) is 9.97. The molecule has 1 nitrogen and oxygen atoms in total. The highest BCUT2D eigenvalue weighted by Crippen LogP contribution is 2.30. The highest BCUT2D eigenvalue weighted by molar-refractivity contribution is 8.01. The molecule has 2 aromatic rings. The number of fused-ring (bicyclic) bond motifs is 1. The molecule has 0 saturated heterocycles. The van der Waals surface area contributed by atoms with Crippen LogP contribution in [-0.2, 0) is 0 Å². The molecule has 0 bridgehead atoms. The van der Waals surface area contributed by atoms with Crippen molar-refractivity contribution >= 4 is 34.3 Å². The first-order valence-corrected chi connectivity index (χ1v) is 5.73. The summed E-state index contributed by atoms with van der Waals surface area (Å²) < 4.78 is 0.0841. The van der Waals surface area contributed by atoms with Gasteiger partial charge in [-0.05, 0) is 19.1 Å². The van der Waals surface area contributed by atoms with Crippen LogP contribution in [0, 0.1) is 0 Å². The first-order valence-electron chi connectivity index (χ1n) is 4.42. The Morgan fingerprint density at radius 2 is 2.07 bits per heavy atom. The van der Waals surface area contributed by atoms with Crippen LogP contribution in [0.5, 0.6) is 0 Å². The first kappa shape index (κ1) is 9.81. The number of hydrogen-bond donors (Lipinski definition) is 0. The van der Waals surface area contributed by atoms with Gasteiger partial charge < -0.3 is 0 Å². The highest BCUT2D eigenvalue weighted by Gasteiger charge is 2.04. The van der Waals surface area contributed by atoms with Gasteiger partial charge in [0.15, 0.2) is 0 Å². The number of halogens is 1. The fourth-order valence-corrected chi connectivity index (χ4v) is 2.42. The molecule has 1 heterocycles. The SMILES string of the molecule is CC(Cl)Sc1ccnc2ccccc12. The van der Waals surface area contributed by atoms with Crippen LogP contribution in [0.25, 0.3) is 10.9 Å². The summed E-state index contributed by atoms with van der Waals surface area (Å²) in [5.41, 5.74) is 1.02. The quantitative estimate of drug-likeness (QED) is 0.566. The number of para-hydroxylation sites is 1. The molecular formula is C11H10ClNS. The number of pyridine rings is 1. The summed E-state index contributed by atoms with van der Waals surface area (Å²) in [4.78, 5) is 5.49. The Morgan fingerprint density at radius 1 is 1.29 bits per heavy atom. The molecule has 1 aromatic heterocycles. The normalized spacial score (nSPS) is 13.0. The molecule has 2 rings (SSSR count). The van der Waals surface area contributed by atoms with Gasteiger partial charge in [-0.2, -0.15) is 0 Å². The number of alkyl halides is 1. The average Bonchev–Trinajstić information content (AvgIpc) is 2.18. The molecular weight excluding hydrogens is 214 g/mol. The maximum absolute atomic E-state index is 5.96. The predicted octanol–water partition coefficient (Wildman–Crippen LogP) is 3.91. The van der Waals surface area contributed by atoms with E-state index < -0.39 is 0 Å². The molecule has 14 heavy (non-hydrogen) atoms. The van der Waals surface area contributed by atoms with Crippen molar-refractivity contribution in [2.75, 3.05) is 0 Å². The monoisotopic (exact) mass is 223 g/mol. The minimum atomic E-state index is 0.0841. The predicted molar refractivity (Wildman–Crippen MR) is 62.9 cm³/mol. The summed E-state index contributed by atoms with van der Waals surface area (Å²) >= 11 is 7.61. The Labute approximate surface area is 92.5 Å². The van der Waals surface area contributed by atoms with Crippen LogP contribution in [-0.4, -0.2) is 9.69 Å². The van der Waals surface area contributed by atoms with E-state index >= 15 is 0 Å². The minimum absolute atomic E-state index is 0.0841. The molecule has 0 spiro atoms. The molecule has 1 aromatic carbocycles. The Hall–Kier alpha value is -0.730. The van der Waals surface area contributed by atoms with Crippen LogP contribution < -0.4 is 0 Å². The second-order valence-electron chi connectivity index (χ2n) is 2.99. The van der Waals surface area contributed by atoms with E-state index in [-0.39, 0.29) is 4.71 Å². The topological polar surface area (TPSA) is 12.9 Å². The van der Waals surface area contributed by atoms with Crippen molar-refractivity contribution in [3.63, 3.8) is 0 Å². The lowest BCUT2D eigenvalue weighted by Crippen LogP contribution is -1.85. The van der Waals surface area contributed by atoms with Crippen molar-refractivity contribution in [2.24, 2.45) is 0 Å². The smallest absolute Gasteiger partial charge is 0.0808 e. The molecule has 0 aliphatic heterocycles. The zero-order valence-electron chi connectivity index (χ0n) is 7.77. The standard InChI is InChI=1S/C11H10ClNS/c1-8(12)14-11-6-7-13-10-5-3-2-4-9(10)11/h2-8H,1H3.